The lowest BCUT2D eigenvalue weighted by molar-refractivity contribution is 0.0778. The van der Waals surface area contributed by atoms with Crippen molar-refractivity contribution < 1.29 is 18.3 Å². The number of hydrogen-bond acceptors (Lipinski definition) is 6. The van der Waals surface area contributed by atoms with Gasteiger partial charge in [0, 0.05) is 18.0 Å². The number of nitrogens with zero attached hydrogens (tertiary/aromatic N) is 5. The van der Waals surface area contributed by atoms with E-state index >= 15 is 0 Å². The Balaban J connectivity index is 1.69. The molecule has 0 atom stereocenters. The van der Waals surface area contributed by atoms with Gasteiger partial charge in [-0.2, -0.15) is 0 Å². The third kappa shape index (κ3) is 4.40. The normalized spacial score (nSPS) is 11.8. The van der Waals surface area contributed by atoms with Crippen LogP contribution in [0.2, 0.25) is 0 Å². The van der Waals surface area contributed by atoms with E-state index in [9.17, 15) is 18.3 Å². The highest BCUT2D eigenvalue weighted by Gasteiger charge is 2.17. The number of hydrogen-bond donors (Lipinski definition) is 2. The Kier molecular flexibility index (Phi) is 5.08. The van der Waals surface area contributed by atoms with E-state index in [0.29, 0.717) is 17.2 Å². The highest BCUT2D eigenvalue weighted by Crippen LogP contribution is 2.24. The maximum Gasteiger partial charge on any atom is 0.266 e. The van der Waals surface area contributed by atoms with Crippen LogP contribution in [0.5, 0.6) is 0 Å². The number of aromatic nitrogens is 5. The summed E-state index contributed by atoms with van der Waals surface area (Å²) in [4.78, 5) is 8.21. The number of anilines is 1. The lowest BCUT2D eigenvalue weighted by atomic mass is 10.0. The molecule has 0 aliphatic rings. The molecular weight excluding hydrogens is 361 g/mol. The predicted octanol–water partition coefficient (Wildman–Crippen LogP) is 2.97. The van der Waals surface area contributed by atoms with Gasteiger partial charge in [-0.3, -0.25) is 0 Å². The Bertz CT molecular complexity index is 921. The van der Waals surface area contributed by atoms with Crippen LogP contribution in [-0.2, 0) is 12.1 Å². The molecule has 10 heteroatoms. The van der Waals surface area contributed by atoms with Crippen molar-refractivity contribution in [3.05, 3.63) is 59.4 Å². The molecule has 0 fully saturated rings. The third-order valence-corrected chi connectivity index (χ3v) is 3.81. The predicted molar refractivity (Wildman–Crippen MR) is 90.9 cm³/mol. The van der Waals surface area contributed by atoms with E-state index in [1.165, 1.54) is 29.3 Å². The second-order valence-electron chi connectivity index (χ2n) is 6.37. The lowest BCUT2D eigenvalue weighted by Gasteiger charge is -2.16. The van der Waals surface area contributed by atoms with Gasteiger partial charge >= 0.3 is 0 Å². The van der Waals surface area contributed by atoms with Crippen molar-refractivity contribution in [2.45, 2.75) is 32.4 Å². The number of rotatable bonds is 6. The van der Waals surface area contributed by atoms with E-state index in [0.717, 1.165) is 12.1 Å². The van der Waals surface area contributed by atoms with E-state index in [-0.39, 0.29) is 12.2 Å². The minimum absolute atomic E-state index is 0.241. The third-order valence-electron chi connectivity index (χ3n) is 3.81. The van der Waals surface area contributed by atoms with Gasteiger partial charge in [0.25, 0.3) is 6.43 Å². The minimum Gasteiger partial charge on any atom is -0.386 e. The summed E-state index contributed by atoms with van der Waals surface area (Å²) in [7, 11) is 0. The fourth-order valence-corrected chi connectivity index (χ4v) is 2.25. The Labute approximate surface area is 152 Å². The molecule has 0 aliphatic heterocycles. The summed E-state index contributed by atoms with van der Waals surface area (Å²) in [5.74, 6) is -0.637. The molecule has 1 aromatic carbocycles. The molecule has 2 heterocycles. The summed E-state index contributed by atoms with van der Waals surface area (Å²) in [5.41, 5.74) is -0.370. The van der Waals surface area contributed by atoms with Gasteiger partial charge in [-0.05, 0) is 32.0 Å². The van der Waals surface area contributed by atoms with Crippen molar-refractivity contribution in [2.75, 3.05) is 5.32 Å². The maximum atomic E-state index is 13.4. The number of aliphatic hydroxyl groups is 1. The van der Waals surface area contributed by atoms with Crippen LogP contribution in [0.25, 0.3) is 5.69 Å². The monoisotopic (exact) mass is 378 g/mol. The van der Waals surface area contributed by atoms with Crippen LogP contribution >= 0.6 is 0 Å². The number of halogens is 3. The number of alkyl halides is 2. The Morgan fingerprint density at radius 2 is 1.93 bits per heavy atom. The van der Waals surface area contributed by atoms with Gasteiger partial charge < -0.3 is 10.4 Å². The molecule has 0 spiro atoms. The average Bonchev–Trinajstić information content (AvgIpc) is 3.09. The molecular formula is C17H17F3N6O. The summed E-state index contributed by atoms with van der Waals surface area (Å²) in [6.45, 7) is 3.50. The average molecular weight is 378 g/mol. The molecule has 2 aromatic heterocycles. The van der Waals surface area contributed by atoms with Gasteiger partial charge in [0.1, 0.15) is 11.5 Å². The number of nitrogens with one attached hydrogen (secondary N) is 1. The lowest BCUT2D eigenvalue weighted by Crippen LogP contribution is -2.16. The highest BCUT2D eigenvalue weighted by molar-refractivity contribution is 5.37. The van der Waals surface area contributed by atoms with Gasteiger partial charge in [0.05, 0.1) is 29.6 Å². The zero-order valence-electron chi connectivity index (χ0n) is 14.6. The quantitative estimate of drug-likeness (QED) is 0.686. The summed E-state index contributed by atoms with van der Waals surface area (Å²) in [6, 6.07) is 3.34. The summed E-state index contributed by atoms with van der Waals surface area (Å²) in [6.07, 6.45) is 1.63. The molecule has 142 valence electrons. The van der Waals surface area contributed by atoms with Crippen molar-refractivity contribution in [3.8, 4) is 5.69 Å². The molecule has 2 N–H and O–H groups in total. The second-order valence-corrected chi connectivity index (χ2v) is 6.37. The molecule has 0 unspecified atom stereocenters. The van der Waals surface area contributed by atoms with Crippen LogP contribution in [0.4, 0.5) is 19.1 Å². The molecule has 0 amide bonds. The van der Waals surface area contributed by atoms with Crippen molar-refractivity contribution in [3.63, 3.8) is 0 Å². The second kappa shape index (κ2) is 7.31. The molecule has 7 nitrogen and oxygen atoms in total. The molecule has 0 saturated heterocycles. The summed E-state index contributed by atoms with van der Waals surface area (Å²) >= 11 is 0. The van der Waals surface area contributed by atoms with Crippen LogP contribution in [-0.4, -0.2) is 30.1 Å². The zero-order chi connectivity index (χ0) is 19.6. The molecule has 3 aromatic rings. The topological polar surface area (TPSA) is 88.8 Å². The first-order chi connectivity index (χ1) is 12.7. The molecule has 0 saturated carbocycles. The minimum atomic E-state index is -2.92. The van der Waals surface area contributed by atoms with Crippen LogP contribution in [0.1, 0.15) is 37.1 Å². The Hall–Kier alpha value is -3.01. The first kappa shape index (κ1) is 18.8. The van der Waals surface area contributed by atoms with Crippen LogP contribution in [0.3, 0.4) is 0 Å². The maximum absolute atomic E-state index is 13.4. The zero-order valence-corrected chi connectivity index (χ0v) is 14.6. The van der Waals surface area contributed by atoms with Crippen LogP contribution in [0, 0.1) is 5.82 Å². The van der Waals surface area contributed by atoms with Crippen molar-refractivity contribution in [1.82, 2.24) is 25.0 Å². The van der Waals surface area contributed by atoms with E-state index in [1.54, 1.807) is 13.8 Å². The fourth-order valence-electron chi connectivity index (χ4n) is 2.25. The molecule has 0 radical (unpaired) electrons. The smallest absolute Gasteiger partial charge is 0.266 e. The van der Waals surface area contributed by atoms with E-state index < -0.39 is 23.4 Å². The highest BCUT2D eigenvalue weighted by atomic mass is 19.3. The summed E-state index contributed by atoms with van der Waals surface area (Å²) < 4.78 is 40.3. The fraction of sp³-hybridized carbons (Fsp3) is 0.294. The summed E-state index contributed by atoms with van der Waals surface area (Å²) in [5, 5.41) is 20.6. The van der Waals surface area contributed by atoms with Gasteiger partial charge in [-0.1, -0.05) is 5.21 Å². The Morgan fingerprint density at radius 1 is 1.22 bits per heavy atom. The first-order valence-electron chi connectivity index (χ1n) is 8.02. The molecule has 0 bridgehead atoms. The molecule has 3 rings (SSSR count). The van der Waals surface area contributed by atoms with Gasteiger partial charge in [0.15, 0.2) is 0 Å². The van der Waals surface area contributed by atoms with E-state index in [2.05, 4.69) is 25.6 Å². The standard InChI is InChI=1S/C17H17F3N6O/c1-17(2,27)10-6-21-16(22-7-10)23-8-11-9-26(25-24-11)12-3-4-14(18)13(5-12)15(19)20/h3-7,9,15,27H,8H2,1-2H3,(H,21,22,23). The van der Waals surface area contributed by atoms with Crippen molar-refractivity contribution in [2.24, 2.45) is 0 Å². The van der Waals surface area contributed by atoms with E-state index in [1.807, 2.05) is 0 Å². The van der Waals surface area contributed by atoms with Crippen LogP contribution in [0.15, 0.2) is 36.8 Å². The van der Waals surface area contributed by atoms with Crippen molar-refractivity contribution in [1.29, 1.82) is 0 Å². The van der Waals surface area contributed by atoms with Crippen molar-refractivity contribution >= 4 is 5.95 Å². The van der Waals surface area contributed by atoms with Gasteiger partial charge in [-0.25, -0.2) is 27.8 Å². The molecule has 0 aliphatic carbocycles. The largest absolute Gasteiger partial charge is 0.386 e. The Morgan fingerprint density at radius 3 is 2.56 bits per heavy atom. The molecule has 27 heavy (non-hydrogen) atoms. The van der Waals surface area contributed by atoms with E-state index in [4.69, 9.17) is 0 Å². The number of benzene rings is 1. The van der Waals surface area contributed by atoms with Crippen LogP contribution < -0.4 is 5.32 Å². The first-order valence-corrected chi connectivity index (χ1v) is 8.02. The van der Waals surface area contributed by atoms with Gasteiger partial charge in [0.2, 0.25) is 5.95 Å². The van der Waals surface area contributed by atoms with Gasteiger partial charge in [-0.15, -0.1) is 5.10 Å². The SMILES string of the molecule is CC(C)(O)c1cnc(NCc2cn(-c3ccc(F)c(C(F)F)c3)nn2)nc1.